The highest BCUT2D eigenvalue weighted by Crippen LogP contribution is 2.71. The molecule has 0 bridgehead atoms. The Bertz CT molecular complexity index is 1200. The second-order valence-electron chi connectivity index (χ2n) is 16.0. The third kappa shape index (κ3) is 5.05. The number of aromatic nitrogens is 1. The summed E-state index contributed by atoms with van der Waals surface area (Å²) in [6, 6.07) is 5.79. The smallest absolute Gasteiger partial charge is 0.229 e. The molecule has 6 aliphatic rings. The molecule has 7 heteroatoms. The number of amides is 2. The Hall–Kier alpha value is -1.99. The van der Waals surface area contributed by atoms with Crippen molar-refractivity contribution in [2.24, 2.45) is 52.3 Å². The molecule has 7 rings (SSSR count). The summed E-state index contributed by atoms with van der Waals surface area (Å²) < 4.78 is 13.5. The van der Waals surface area contributed by atoms with Crippen molar-refractivity contribution in [1.29, 1.82) is 0 Å². The van der Waals surface area contributed by atoms with Gasteiger partial charge in [0.05, 0.1) is 24.9 Å². The molecule has 1 aromatic rings. The predicted octanol–water partition coefficient (Wildman–Crippen LogP) is 6.02. The molecule has 2 saturated heterocycles. The highest BCUT2D eigenvalue weighted by molar-refractivity contribution is 5.96. The number of fused-ring (bicyclic) bond motifs is 7. The molecule has 2 aliphatic heterocycles. The van der Waals surface area contributed by atoms with Gasteiger partial charge in [0.25, 0.3) is 0 Å². The Kier molecular flexibility index (Phi) is 7.68. The summed E-state index contributed by atoms with van der Waals surface area (Å²) in [7, 11) is 0. The van der Waals surface area contributed by atoms with Gasteiger partial charge in [-0.05, 0) is 116 Å². The fourth-order valence-electron chi connectivity index (χ4n) is 11.6. The van der Waals surface area contributed by atoms with Crippen LogP contribution in [0, 0.1) is 52.3 Å². The Morgan fingerprint density at radius 1 is 0.953 bits per heavy atom. The van der Waals surface area contributed by atoms with Gasteiger partial charge in [0.1, 0.15) is 6.42 Å². The number of ether oxygens (including phenoxy) is 2. The molecule has 2 N–H and O–H groups in total. The second kappa shape index (κ2) is 11.1. The van der Waals surface area contributed by atoms with Crippen LogP contribution in [0.15, 0.2) is 24.4 Å². The van der Waals surface area contributed by atoms with E-state index in [4.69, 9.17) is 9.47 Å². The number of nitrogens with one attached hydrogen (secondary N) is 2. The van der Waals surface area contributed by atoms with Crippen LogP contribution in [0.1, 0.15) is 104 Å². The lowest BCUT2D eigenvalue weighted by Crippen LogP contribution is -2.56. The standard InChI is InChI=1S/C36H53N3O4/c1-22-10-15-36(42-21-22)23(2)33-30(43-36)18-29-27-9-8-24-17-25(11-13-34(24,3)28(27)12-14-35(29,33)4)39-32(41)19-31(40)38-20-26-7-5-6-16-37-26/h5-7,16,22-25,27-30,33H,8-15,17-21H2,1-4H3,(H,38,40)(H,39,41)/t22-,23+,24+,25+,27-,28+,29+,30+,33+,34+,35+,36-/m1/s1. The quantitative estimate of drug-likeness (QED) is 0.409. The van der Waals surface area contributed by atoms with Crippen LogP contribution < -0.4 is 10.6 Å². The second-order valence-corrected chi connectivity index (χ2v) is 16.0. The normalized spacial score (nSPS) is 46.7. The lowest BCUT2D eigenvalue weighted by atomic mass is 9.44. The fraction of sp³-hybridized carbons (Fsp3) is 0.806. The van der Waals surface area contributed by atoms with Crippen LogP contribution >= 0.6 is 0 Å². The van der Waals surface area contributed by atoms with E-state index in [-0.39, 0.29) is 30.1 Å². The molecule has 3 heterocycles. The van der Waals surface area contributed by atoms with Crippen LogP contribution in [0.25, 0.3) is 0 Å². The Labute approximate surface area is 258 Å². The van der Waals surface area contributed by atoms with Crippen molar-refractivity contribution in [2.75, 3.05) is 6.61 Å². The molecule has 2 amide bonds. The summed E-state index contributed by atoms with van der Waals surface area (Å²) in [6.45, 7) is 11.1. The maximum Gasteiger partial charge on any atom is 0.229 e. The van der Waals surface area contributed by atoms with Crippen molar-refractivity contribution in [3.63, 3.8) is 0 Å². The summed E-state index contributed by atoms with van der Waals surface area (Å²) in [4.78, 5) is 29.4. The number of rotatable bonds is 5. The molecule has 12 atom stereocenters. The molecule has 43 heavy (non-hydrogen) atoms. The minimum absolute atomic E-state index is 0.121. The van der Waals surface area contributed by atoms with E-state index in [1.165, 1.54) is 44.9 Å². The molecular weight excluding hydrogens is 538 g/mol. The van der Waals surface area contributed by atoms with Gasteiger partial charge in [0.2, 0.25) is 11.8 Å². The molecule has 7 nitrogen and oxygen atoms in total. The zero-order valence-corrected chi connectivity index (χ0v) is 26.8. The van der Waals surface area contributed by atoms with E-state index in [1.54, 1.807) is 6.20 Å². The van der Waals surface area contributed by atoms with E-state index in [0.29, 0.717) is 47.2 Å². The van der Waals surface area contributed by atoms with Gasteiger partial charge in [-0.1, -0.05) is 33.8 Å². The zero-order chi connectivity index (χ0) is 30.0. The minimum atomic E-state index is -0.334. The van der Waals surface area contributed by atoms with Crippen LogP contribution in [-0.4, -0.2) is 41.3 Å². The van der Waals surface area contributed by atoms with E-state index in [0.717, 1.165) is 49.3 Å². The summed E-state index contributed by atoms with van der Waals surface area (Å²) >= 11 is 0. The summed E-state index contributed by atoms with van der Waals surface area (Å²) in [6.07, 6.45) is 13.9. The number of nitrogens with zero attached hydrogens (tertiary/aromatic N) is 1. The topological polar surface area (TPSA) is 89.5 Å². The van der Waals surface area contributed by atoms with E-state index in [2.05, 4.69) is 43.3 Å². The third-order valence-electron chi connectivity index (χ3n) is 13.8. The minimum Gasteiger partial charge on any atom is -0.353 e. The molecule has 4 aliphatic carbocycles. The molecule has 0 aromatic carbocycles. The van der Waals surface area contributed by atoms with Crippen molar-refractivity contribution < 1.29 is 19.1 Å². The first-order valence-corrected chi connectivity index (χ1v) is 17.4. The maximum absolute atomic E-state index is 12.8. The van der Waals surface area contributed by atoms with Crippen molar-refractivity contribution in [1.82, 2.24) is 15.6 Å². The monoisotopic (exact) mass is 591 g/mol. The van der Waals surface area contributed by atoms with Crippen LogP contribution in [0.3, 0.4) is 0 Å². The number of carbonyl (C=O) groups excluding carboxylic acids is 2. The van der Waals surface area contributed by atoms with Crippen molar-refractivity contribution >= 4 is 11.8 Å². The molecule has 6 fully saturated rings. The molecule has 1 spiro atoms. The number of pyridine rings is 1. The maximum atomic E-state index is 12.8. The molecule has 0 unspecified atom stereocenters. The molecular formula is C36H53N3O4. The molecule has 0 radical (unpaired) electrons. The highest BCUT2D eigenvalue weighted by Gasteiger charge is 2.69. The van der Waals surface area contributed by atoms with Crippen LogP contribution in [0.5, 0.6) is 0 Å². The first-order chi connectivity index (χ1) is 20.6. The Morgan fingerprint density at radius 3 is 2.56 bits per heavy atom. The van der Waals surface area contributed by atoms with Gasteiger partial charge in [0.15, 0.2) is 5.79 Å². The van der Waals surface area contributed by atoms with Gasteiger partial charge in [0, 0.05) is 24.6 Å². The van der Waals surface area contributed by atoms with Gasteiger partial charge in [-0.2, -0.15) is 0 Å². The fourth-order valence-corrected chi connectivity index (χ4v) is 11.6. The van der Waals surface area contributed by atoms with E-state index in [9.17, 15) is 9.59 Å². The average Bonchev–Trinajstić information content (AvgIpc) is 3.44. The van der Waals surface area contributed by atoms with Gasteiger partial charge in [-0.3, -0.25) is 14.6 Å². The highest BCUT2D eigenvalue weighted by atomic mass is 16.7. The molecule has 1 aromatic heterocycles. The number of carbonyl (C=O) groups is 2. The van der Waals surface area contributed by atoms with E-state index >= 15 is 0 Å². The van der Waals surface area contributed by atoms with Crippen molar-refractivity contribution in [3.8, 4) is 0 Å². The third-order valence-corrected chi connectivity index (χ3v) is 13.8. The van der Waals surface area contributed by atoms with Crippen LogP contribution in [-0.2, 0) is 25.6 Å². The zero-order valence-electron chi connectivity index (χ0n) is 26.8. The Balaban J connectivity index is 0.952. The molecule has 236 valence electrons. The lowest BCUT2D eigenvalue weighted by Gasteiger charge is -2.61. The number of hydrogen-bond acceptors (Lipinski definition) is 5. The lowest BCUT2D eigenvalue weighted by molar-refractivity contribution is -0.273. The van der Waals surface area contributed by atoms with E-state index in [1.807, 2.05) is 18.2 Å². The van der Waals surface area contributed by atoms with Gasteiger partial charge in [-0.15, -0.1) is 0 Å². The van der Waals surface area contributed by atoms with Gasteiger partial charge in [-0.25, -0.2) is 0 Å². The van der Waals surface area contributed by atoms with Gasteiger partial charge < -0.3 is 20.1 Å². The van der Waals surface area contributed by atoms with Crippen molar-refractivity contribution in [3.05, 3.63) is 30.1 Å². The van der Waals surface area contributed by atoms with Gasteiger partial charge >= 0.3 is 0 Å². The van der Waals surface area contributed by atoms with Crippen LogP contribution in [0.4, 0.5) is 0 Å². The van der Waals surface area contributed by atoms with E-state index < -0.39 is 0 Å². The largest absolute Gasteiger partial charge is 0.353 e. The van der Waals surface area contributed by atoms with Crippen molar-refractivity contribution in [2.45, 2.75) is 123 Å². The average molecular weight is 592 g/mol. The molecule has 4 saturated carbocycles. The first-order valence-electron chi connectivity index (χ1n) is 17.4. The predicted molar refractivity (Wildman–Crippen MR) is 164 cm³/mol. The van der Waals surface area contributed by atoms with Crippen LogP contribution in [0.2, 0.25) is 0 Å². The summed E-state index contributed by atoms with van der Waals surface area (Å²) in [5.41, 5.74) is 1.49. The Morgan fingerprint density at radius 2 is 1.79 bits per heavy atom. The SMILES string of the molecule is C[C@@H]1CC[C@@]2(OC1)O[C@H]1C[C@H]3[C@@H]4CC[C@H]5C[C@@H](NC(=O)CC(=O)NCc6ccccn6)CC[C@]5(C)[C@H]4CC[C@]3(C)[C@H]1[C@@H]2C. The summed E-state index contributed by atoms with van der Waals surface area (Å²) in [5.74, 6) is 3.95. The first kappa shape index (κ1) is 29.7. The summed E-state index contributed by atoms with van der Waals surface area (Å²) in [5, 5.41) is 6.06. The number of hydrogen-bond donors (Lipinski definition) is 2.